The zero-order valence-corrected chi connectivity index (χ0v) is 21.1. The summed E-state index contributed by atoms with van der Waals surface area (Å²) in [5.74, 6) is -1.91. The first-order chi connectivity index (χ1) is 15.0. The van der Waals surface area contributed by atoms with E-state index in [1.54, 1.807) is 41.5 Å². The Morgan fingerprint density at radius 2 is 1.15 bits per heavy atom. The van der Waals surface area contributed by atoms with Gasteiger partial charge < -0.3 is 19.7 Å². The summed E-state index contributed by atoms with van der Waals surface area (Å²) in [6.45, 7) is 14.4. The van der Waals surface area contributed by atoms with Gasteiger partial charge in [0.05, 0.1) is 0 Å². The van der Waals surface area contributed by atoms with Crippen LogP contribution in [0.2, 0.25) is 0 Å². The highest BCUT2D eigenvalue weighted by Crippen LogP contribution is 2.29. The van der Waals surface area contributed by atoms with Gasteiger partial charge in [0.25, 0.3) is 0 Å². The van der Waals surface area contributed by atoms with Gasteiger partial charge in [0.2, 0.25) is 0 Å². The second-order valence-electron chi connectivity index (χ2n) is 10.5. The molecule has 2 rings (SSSR count). The number of carboxylic acid groups (broad SMARTS) is 2. The number of carbonyl (C=O) groups excluding carboxylic acids is 2. The number of amides is 2. The number of aliphatic carboxylic acids is 2. The molecular formula is C23H40N2O8. The lowest BCUT2D eigenvalue weighted by molar-refractivity contribution is -0.143. The Morgan fingerprint density at radius 1 is 0.758 bits per heavy atom. The minimum atomic E-state index is -0.963. The fourth-order valence-electron chi connectivity index (χ4n) is 3.97. The topological polar surface area (TPSA) is 134 Å². The molecule has 2 unspecified atom stereocenters. The van der Waals surface area contributed by atoms with Gasteiger partial charge in [-0.2, -0.15) is 0 Å². The Kier molecular flexibility index (Phi) is 9.56. The summed E-state index contributed by atoms with van der Waals surface area (Å²) in [4.78, 5) is 48.6. The van der Waals surface area contributed by atoms with Crippen LogP contribution < -0.4 is 0 Å². The quantitative estimate of drug-likeness (QED) is 0.627. The molecule has 2 aliphatic heterocycles. The SMILES string of the molecule is CC1CCC(C(=O)O)N1C(=O)OC(C)(C)C.CC[C@H]1CC[C@@H](C(=O)O)N1C(=O)OC(C)(C)C. The van der Waals surface area contributed by atoms with E-state index in [-0.39, 0.29) is 12.1 Å². The fraction of sp³-hybridized carbons (Fsp3) is 0.826. The molecule has 0 spiro atoms. The van der Waals surface area contributed by atoms with Crippen LogP contribution in [-0.4, -0.2) is 79.5 Å². The standard InChI is InChI=1S/C12H21NO4.C11H19NO4/c1-5-8-6-7-9(10(14)15)13(8)11(16)17-12(2,3)4;1-7-5-6-8(9(13)14)12(7)10(15)16-11(2,3)4/h8-9H,5-7H2,1-4H3,(H,14,15);7-8H,5-6H2,1-4H3,(H,13,14)/t8-,9-;/m0./s1. The molecule has 0 aromatic rings. The zero-order chi connectivity index (χ0) is 25.7. The average molecular weight is 473 g/mol. The molecule has 4 atom stereocenters. The molecule has 0 bridgehead atoms. The zero-order valence-electron chi connectivity index (χ0n) is 21.1. The van der Waals surface area contributed by atoms with Gasteiger partial charge in [-0.3, -0.25) is 9.80 Å². The van der Waals surface area contributed by atoms with Crippen LogP contribution in [0.15, 0.2) is 0 Å². The number of hydrogen-bond acceptors (Lipinski definition) is 6. The highest BCUT2D eigenvalue weighted by Gasteiger charge is 2.42. The van der Waals surface area contributed by atoms with E-state index >= 15 is 0 Å². The molecule has 0 aromatic heterocycles. The van der Waals surface area contributed by atoms with Crippen molar-refractivity contribution in [3.63, 3.8) is 0 Å². The summed E-state index contributed by atoms with van der Waals surface area (Å²) in [7, 11) is 0. The third-order valence-electron chi connectivity index (χ3n) is 5.42. The van der Waals surface area contributed by atoms with Crippen molar-refractivity contribution < 1.29 is 38.9 Å². The van der Waals surface area contributed by atoms with Crippen molar-refractivity contribution in [1.82, 2.24) is 9.80 Å². The van der Waals surface area contributed by atoms with E-state index in [9.17, 15) is 19.2 Å². The summed E-state index contributed by atoms with van der Waals surface area (Å²) in [5, 5.41) is 18.1. The van der Waals surface area contributed by atoms with E-state index in [0.29, 0.717) is 19.3 Å². The molecule has 2 heterocycles. The van der Waals surface area contributed by atoms with Crippen molar-refractivity contribution in [2.75, 3.05) is 0 Å². The molecule has 0 saturated carbocycles. The van der Waals surface area contributed by atoms with E-state index in [4.69, 9.17) is 19.7 Å². The second-order valence-corrected chi connectivity index (χ2v) is 10.5. The van der Waals surface area contributed by atoms with Gasteiger partial charge in [0.15, 0.2) is 0 Å². The lowest BCUT2D eigenvalue weighted by Crippen LogP contribution is -2.47. The number of likely N-dealkylation sites (tertiary alicyclic amines) is 2. The number of ether oxygens (including phenoxy) is 2. The van der Waals surface area contributed by atoms with Crippen LogP contribution in [0.25, 0.3) is 0 Å². The molecule has 0 radical (unpaired) electrons. The molecule has 2 N–H and O–H groups in total. The van der Waals surface area contributed by atoms with Crippen molar-refractivity contribution in [3.05, 3.63) is 0 Å². The van der Waals surface area contributed by atoms with Gasteiger partial charge in [0.1, 0.15) is 23.3 Å². The normalized spacial score (nSPS) is 25.2. The molecule has 0 aromatic carbocycles. The van der Waals surface area contributed by atoms with Gasteiger partial charge in [-0.15, -0.1) is 0 Å². The molecule has 10 heteroatoms. The fourth-order valence-corrected chi connectivity index (χ4v) is 3.97. The molecule has 10 nitrogen and oxygen atoms in total. The first-order valence-electron chi connectivity index (χ1n) is 11.5. The number of carbonyl (C=O) groups is 4. The second kappa shape index (κ2) is 11.1. The van der Waals surface area contributed by atoms with Crippen LogP contribution in [-0.2, 0) is 19.1 Å². The van der Waals surface area contributed by atoms with E-state index in [1.807, 2.05) is 13.8 Å². The first-order valence-corrected chi connectivity index (χ1v) is 11.5. The van der Waals surface area contributed by atoms with Crippen molar-refractivity contribution in [3.8, 4) is 0 Å². The highest BCUT2D eigenvalue weighted by molar-refractivity contribution is 5.81. The van der Waals surface area contributed by atoms with Crippen molar-refractivity contribution in [2.45, 2.75) is 123 Å². The van der Waals surface area contributed by atoms with Crippen LogP contribution in [0, 0.1) is 0 Å². The number of nitrogens with zero attached hydrogens (tertiary/aromatic N) is 2. The third kappa shape index (κ3) is 8.40. The van der Waals surface area contributed by atoms with Gasteiger partial charge in [0, 0.05) is 12.1 Å². The van der Waals surface area contributed by atoms with E-state index < -0.39 is 47.4 Å². The molecule has 2 saturated heterocycles. The van der Waals surface area contributed by atoms with Crippen LogP contribution in [0.3, 0.4) is 0 Å². The largest absolute Gasteiger partial charge is 0.480 e. The average Bonchev–Trinajstić information content (AvgIpc) is 3.22. The molecule has 2 amide bonds. The summed E-state index contributed by atoms with van der Waals surface area (Å²) >= 11 is 0. The van der Waals surface area contributed by atoms with Crippen LogP contribution >= 0.6 is 0 Å². The van der Waals surface area contributed by atoms with Crippen molar-refractivity contribution in [1.29, 1.82) is 0 Å². The van der Waals surface area contributed by atoms with E-state index in [1.165, 1.54) is 9.80 Å². The Hall–Kier alpha value is -2.52. The number of rotatable bonds is 3. The van der Waals surface area contributed by atoms with E-state index in [2.05, 4.69) is 0 Å². The molecule has 0 aliphatic carbocycles. The number of carboxylic acids is 2. The maximum atomic E-state index is 12.0. The maximum Gasteiger partial charge on any atom is 0.411 e. The molecular weight excluding hydrogens is 432 g/mol. The minimum absolute atomic E-state index is 0.0223. The predicted octanol–water partition coefficient (Wildman–Crippen LogP) is 4.11. The smallest absolute Gasteiger partial charge is 0.411 e. The number of hydrogen-bond donors (Lipinski definition) is 2. The molecule has 33 heavy (non-hydrogen) atoms. The van der Waals surface area contributed by atoms with Crippen molar-refractivity contribution in [2.24, 2.45) is 0 Å². The summed E-state index contributed by atoms with van der Waals surface area (Å²) in [6.07, 6.45) is 2.13. The molecule has 2 fully saturated rings. The van der Waals surface area contributed by atoms with Crippen LogP contribution in [0.4, 0.5) is 9.59 Å². The monoisotopic (exact) mass is 472 g/mol. The van der Waals surface area contributed by atoms with Crippen LogP contribution in [0.5, 0.6) is 0 Å². The Balaban J connectivity index is 0.000000331. The predicted molar refractivity (Wildman–Crippen MR) is 121 cm³/mol. The minimum Gasteiger partial charge on any atom is -0.480 e. The van der Waals surface area contributed by atoms with E-state index in [0.717, 1.165) is 12.8 Å². The van der Waals surface area contributed by atoms with Gasteiger partial charge in [-0.25, -0.2) is 19.2 Å². The molecule has 2 aliphatic rings. The lowest BCUT2D eigenvalue weighted by atomic mass is 10.1. The Bertz CT molecular complexity index is 725. The maximum absolute atomic E-state index is 12.0. The van der Waals surface area contributed by atoms with Crippen molar-refractivity contribution >= 4 is 24.1 Å². The highest BCUT2D eigenvalue weighted by atomic mass is 16.6. The Morgan fingerprint density at radius 3 is 1.55 bits per heavy atom. The van der Waals surface area contributed by atoms with Gasteiger partial charge in [-0.1, -0.05) is 6.92 Å². The Labute approximate surface area is 196 Å². The summed E-state index contributed by atoms with van der Waals surface area (Å²) in [5.41, 5.74) is -1.19. The lowest BCUT2D eigenvalue weighted by Gasteiger charge is -2.30. The van der Waals surface area contributed by atoms with Crippen LogP contribution in [0.1, 0.15) is 87.5 Å². The third-order valence-corrected chi connectivity index (χ3v) is 5.42. The summed E-state index contributed by atoms with van der Waals surface area (Å²) in [6, 6.07) is -1.58. The van der Waals surface area contributed by atoms with Gasteiger partial charge in [-0.05, 0) is 80.6 Å². The van der Waals surface area contributed by atoms with Gasteiger partial charge >= 0.3 is 24.1 Å². The molecule has 190 valence electrons. The summed E-state index contributed by atoms with van der Waals surface area (Å²) < 4.78 is 10.5. The first kappa shape index (κ1) is 28.5.